The lowest BCUT2D eigenvalue weighted by molar-refractivity contribution is -0.109. The van der Waals surface area contributed by atoms with Crippen LogP contribution in [-0.2, 0) is 30.7 Å². The number of nitrogens with two attached hydrogens (primary N) is 1. The molecule has 0 aliphatic rings. The summed E-state index contributed by atoms with van der Waals surface area (Å²) in [6, 6.07) is 7.55. The van der Waals surface area contributed by atoms with Crippen molar-refractivity contribution in [3.8, 4) is 5.75 Å². The van der Waals surface area contributed by atoms with Crippen LogP contribution in [0.3, 0.4) is 0 Å². The standard InChI is InChI=1S/C10H16N6.C9H11NO2/c1-2-16-7-9(14-15-16)5-3-4-8-6-12-10(11)13-8;1-12-9-4-2-8(3-5-9)6-10-7-11/h6-7H,2-5H2,1H3,(H3,11,12,13);2-5,7H,6H2,1H3,(H,10,11). The van der Waals surface area contributed by atoms with E-state index in [1.165, 1.54) is 0 Å². The fraction of sp³-hybridized carbons (Fsp3) is 0.368. The third-order valence-electron chi connectivity index (χ3n) is 3.99. The smallest absolute Gasteiger partial charge is 0.207 e. The van der Waals surface area contributed by atoms with E-state index in [1.54, 1.807) is 13.3 Å². The molecule has 0 fully saturated rings. The van der Waals surface area contributed by atoms with E-state index >= 15 is 0 Å². The quantitative estimate of drug-likeness (QED) is 0.482. The van der Waals surface area contributed by atoms with Gasteiger partial charge in [-0.1, -0.05) is 17.3 Å². The molecule has 0 aliphatic carbocycles. The van der Waals surface area contributed by atoms with E-state index in [0.29, 0.717) is 18.9 Å². The van der Waals surface area contributed by atoms with Gasteiger partial charge in [0.25, 0.3) is 0 Å². The Morgan fingerprint density at radius 1 is 1.29 bits per heavy atom. The number of aromatic nitrogens is 5. The third-order valence-corrected chi connectivity index (χ3v) is 3.99. The fourth-order valence-electron chi connectivity index (χ4n) is 2.47. The van der Waals surface area contributed by atoms with Crippen molar-refractivity contribution >= 4 is 12.4 Å². The predicted octanol–water partition coefficient (Wildman–Crippen LogP) is 1.72. The SMILES string of the molecule is CCn1cc(CCCc2cnc(N)[nH]2)nn1.COc1ccc(CNC=O)cc1. The van der Waals surface area contributed by atoms with Crippen LogP contribution >= 0.6 is 0 Å². The van der Waals surface area contributed by atoms with Crippen molar-refractivity contribution in [2.24, 2.45) is 0 Å². The van der Waals surface area contributed by atoms with Gasteiger partial charge >= 0.3 is 0 Å². The number of amides is 1. The largest absolute Gasteiger partial charge is 0.497 e. The van der Waals surface area contributed by atoms with Crippen LogP contribution in [0.25, 0.3) is 0 Å². The maximum Gasteiger partial charge on any atom is 0.207 e. The Balaban J connectivity index is 0.000000209. The van der Waals surface area contributed by atoms with E-state index < -0.39 is 0 Å². The normalized spacial score (nSPS) is 10.1. The lowest BCUT2D eigenvalue weighted by Crippen LogP contribution is -2.09. The van der Waals surface area contributed by atoms with Crippen molar-refractivity contribution in [1.82, 2.24) is 30.3 Å². The summed E-state index contributed by atoms with van der Waals surface area (Å²) >= 11 is 0. The van der Waals surface area contributed by atoms with E-state index in [9.17, 15) is 4.79 Å². The molecule has 0 spiro atoms. The maximum absolute atomic E-state index is 9.97. The number of benzene rings is 1. The van der Waals surface area contributed by atoms with Crippen LogP contribution in [0.15, 0.2) is 36.7 Å². The van der Waals surface area contributed by atoms with Crippen molar-refractivity contribution in [2.45, 2.75) is 39.3 Å². The number of ether oxygens (including phenoxy) is 1. The molecule has 2 heterocycles. The highest BCUT2D eigenvalue weighted by molar-refractivity contribution is 5.46. The van der Waals surface area contributed by atoms with Crippen LogP contribution in [0.2, 0.25) is 0 Å². The van der Waals surface area contributed by atoms with Gasteiger partial charge in [-0.25, -0.2) is 4.98 Å². The second-order valence-corrected chi connectivity index (χ2v) is 6.06. The minimum atomic E-state index is 0.479. The summed E-state index contributed by atoms with van der Waals surface area (Å²) < 4.78 is 6.82. The number of nitrogens with one attached hydrogen (secondary N) is 2. The first kappa shape index (κ1) is 20.9. The van der Waals surface area contributed by atoms with E-state index in [4.69, 9.17) is 10.5 Å². The van der Waals surface area contributed by atoms with Crippen LogP contribution < -0.4 is 15.8 Å². The lowest BCUT2D eigenvalue weighted by Gasteiger charge is -2.01. The number of rotatable bonds is 9. The summed E-state index contributed by atoms with van der Waals surface area (Å²) in [6.45, 7) is 3.48. The summed E-state index contributed by atoms with van der Waals surface area (Å²) in [5.41, 5.74) is 8.65. The molecule has 0 radical (unpaired) electrons. The molecular formula is C19H27N7O2. The Kier molecular flexibility index (Phi) is 8.51. The summed E-state index contributed by atoms with van der Waals surface area (Å²) in [5, 5.41) is 10.7. The molecule has 150 valence electrons. The Hall–Kier alpha value is -3.36. The molecular weight excluding hydrogens is 358 g/mol. The van der Waals surface area contributed by atoms with Crippen molar-refractivity contribution in [2.75, 3.05) is 12.8 Å². The van der Waals surface area contributed by atoms with E-state index in [1.807, 2.05) is 42.1 Å². The molecule has 0 unspecified atom stereocenters. The van der Waals surface area contributed by atoms with Gasteiger partial charge in [-0.05, 0) is 43.9 Å². The van der Waals surface area contributed by atoms with Crippen molar-refractivity contribution in [3.05, 3.63) is 53.6 Å². The minimum Gasteiger partial charge on any atom is -0.497 e. The number of anilines is 1. The number of carbonyl (C=O) groups excluding carboxylic acids is 1. The lowest BCUT2D eigenvalue weighted by atomic mass is 10.2. The van der Waals surface area contributed by atoms with Gasteiger partial charge in [-0.15, -0.1) is 5.10 Å². The first-order valence-corrected chi connectivity index (χ1v) is 9.13. The van der Waals surface area contributed by atoms with Gasteiger partial charge in [0.05, 0.1) is 19.0 Å². The molecule has 3 rings (SSSR count). The first-order valence-electron chi connectivity index (χ1n) is 9.13. The predicted molar refractivity (Wildman–Crippen MR) is 107 cm³/mol. The summed E-state index contributed by atoms with van der Waals surface area (Å²) in [4.78, 5) is 16.9. The second-order valence-electron chi connectivity index (χ2n) is 6.06. The maximum atomic E-state index is 9.97. The van der Waals surface area contributed by atoms with E-state index in [0.717, 1.165) is 48.5 Å². The van der Waals surface area contributed by atoms with Gasteiger partial charge in [0.15, 0.2) is 5.95 Å². The molecule has 28 heavy (non-hydrogen) atoms. The molecule has 0 saturated heterocycles. The Bertz CT molecular complexity index is 827. The van der Waals surface area contributed by atoms with Crippen LogP contribution in [0.1, 0.15) is 30.3 Å². The number of nitrogen functional groups attached to an aromatic ring is 1. The van der Waals surface area contributed by atoms with Crippen LogP contribution in [0, 0.1) is 0 Å². The number of H-pyrrole nitrogens is 1. The van der Waals surface area contributed by atoms with E-state index in [-0.39, 0.29) is 0 Å². The van der Waals surface area contributed by atoms with Crippen molar-refractivity contribution in [3.63, 3.8) is 0 Å². The van der Waals surface area contributed by atoms with Gasteiger partial charge in [0, 0.05) is 25.0 Å². The average molecular weight is 385 g/mol. The topological polar surface area (TPSA) is 124 Å². The molecule has 9 heteroatoms. The fourth-order valence-corrected chi connectivity index (χ4v) is 2.47. The van der Waals surface area contributed by atoms with E-state index in [2.05, 4.69) is 25.6 Å². The third kappa shape index (κ3) is 7.10. The Labute approximate surface area is 164 Å². The highest BCUT2D eigenvalue weighted by Gasteiger charge is 2.01. The molecule has 1 aromatic carbocycles. The first-order chi connectivity index (χ1) is 13.6. The van der Waals surface area contributed by atoms with Gasteiger partial charge in [0.1, 0.15) is 5.75 Å². The molecule has 0 atom stereocenters. The van der Waals surface area contributed by atoms with Gasteiger partial charge in [0.2, 0.25) is 6.41 Å². The molecule has 0 bridgehead atoms. The Morgan fingerprint density at radius 3 is 2.64 bits per heavy atom. The van der Waals surface area contributed by atoms with Crippen LogP contribution in [-0.4, -0.2) is 38.5 Å². The number of methoxy groups -OCH3 is 1. The van der Waals surface area contributed by atoms with Gasteiger partial charge in [-0.3, -0.25) is 9.48 Å². The molecule has 1 amide bonds. The minimum absolute atomic E-state index is 0.479. The van der Waals surface area contributed by atoms with Gasteiger partial charge < -0.3 is 20.8 Å². The highest BCUT2D eigenvalue weighted by atomic mass is 16.5. The second kappa shape index (κ2) is 11.4. The molecule has 9 nitrogen and oxygen atoms in total. The number of imidazole rings is 1. The zero-order valence-corrected chi connectivity index (χ0v) is 16.3. The zero-order valence-electron chi connectivity index (χ0n) is 16.3. The van der Waals surface area contributed by atoms with Crippen LogP contribution in [0.4, 0.5) is 5.95 Å². The molecule has 3 aromatic rings. The van der Waals surface area contributed by atoms with Crippen molar-refractivity contribution < 1.29 is 9.53 Å². The molecule has 0 aliphatic heterocycles. The van der Waals surface area contributed by atoms with Gasteiger partial charge in [-0.2, -0.15) is 0 Å². The Morgan fingerprint density at radius 2 is 2.07 bits per heavy atom. The summed E-state index contributed by atoms with van der Waals surface area (Å²) in [6.07, 6.45) is 7.33. The van der Waals surface area contributed by atoms with Crippen molar-refractivity contribution in [1.29, 1.82) is 0 Å². The molecule has 2 aromatic heterocycles. The summed E-state index contributed by atoms with van der Waals surface area (Å²) in [7, 11) is 1.62. The number of carbonyl (C=O) groups is 1. The number of nitrogens with zero attached hydrogens (tertiary/aromatic N) is 4. The van der Waals surface area contributed by atoms with Crippen LogP contribution in [0.5, 0.6) is 5.75 Å². The molecule has 0 saturated carbocycles. The zero-order chi connectivity index (χ0) is 20.2. The molecule has 4 N–H and O–H groups in total. The number of hydrogen-bond acceptors (Lipinski definition) is 6. The average Bonchev–Trinajstić information content (AvgIpc) is 3.36. The highest BCUT2D eigenvalue weighted by Crippen LogP contribution is 2.10. The number of aromatic amines is 1. The monoisotopic (exact) mass is 385 g/mol. The number of hydrogen-bond donors (Lipinski definition) is 3. The number of aryl methyl sites for hydroxylation is 3. The summed E-state index contributed by atoms with van der Waals surface area (Å²) in [5.74, 6) is 1.30.